The summed E-state index contributed by atoms with van der Waals surface area (Å²) in [5.74, 6) is 0.660. The molecule has 1 N–H and O–H groups in total. The van der Waals surface area contributed by atoms with E-state index >= 15 is 0 Å². The van der Waals surface area contributed by atoms with Crippen molar-refractivity contribution >= 4 is 0 Å². The molecule has 1 atom stereocenters. The number of hydrogen-bond acceptors (Lipinski definition) is 1. The van der Waals surface area contributed by atoms with E-state index in [-0.39, 0.29) is 10.8 Å². The second-order valence-corrected chi connectivity index (χ2v) is 10.4. The van der Waals surface area contributed by atoms with Crippen LogP contribution in [0.4, 0.5) is 0 Å². The van der Waals surface area contributed by atoms with Gasteiger partial charge in [-0.05, 0) is 76.0 Å². The minimum Gasteiger partial charge on any atom is -0.390 e. The standard InChI is InChI=1S/C24H46O/c1-19(2)15-18-24(10,25)17-12-14-21(4)23(8,9)16-11-13-20(3)22(5,6)7/h13-14,19,25H,11-12,15-18H2,1-10H3/b20-13+,21-14+. The van der Waals surface area contributed by atoms with Crippen molar-refractivity contribution in [3.8, 4) is 0 Å². The minimum atomic E-state index is -0.530. The summed E-state index contributed by atoms with van der Waals surface area (Å²) in [5.41, 5.74) is 2.90. The quantitative estimate of drug-likeness (QED) is 0.400. The molecule has 0 heterocycles. The minimum absolute atomic E-state index is 0.221. The fourth-order valence-electron chi connectivity index (χ4n) is 2.75. The summed E-state index contributed by atoms with van der Waals surface area (Å²) in [4.78, 5) is 0. The molecule has 148 valence electrons. The lowest BCUT2D eigenvalue weighted by atomic mass is 9.79. The fraction of sp³-hybridized carbons (Fsp3) is 0.833. The summed E-state index contributed by atoms with van der Waals surface area (Å²) in [6.45, 7) is 22.5. The van der Waals surface area contributed by atoms with Gasteiger partial charge in [0.05, 0.1) is 5.60 Å². The highest BCUT2D eigenvalue weighted by atomic mass is 16.3. The van der Waals surface area contributed by atoms with E-state index in [1.807, 2.05) is 6.92 Å². The van der Waals surface area contributed by atoms with Crippen LogP contribution in [-0.2, 0) is 0 Å². The Morgan fingerprint density at radius 1 is 0.800 bits per heavy atom. The van der Waals surface area contributed by atoms with Gasteiger partial charge in [0.1, 0.15) is 0 Å². The summed E-state index contributed by atoms with van der Waals surface area (Å²) in [6.07, 6.45) is 10.9. The zero-order valence-electron chi connectivity index (χ0n) is 18.9. The highest BCUT2D eigenvalue weighted by Gasteiger charge is 2.22. The Labute approximate surface area is 159 Å². The van der Waals surface area contributed by atoms with Crippen molar-refractivity contribution in [2.45, 2.75) is 113 Å². The number of rotatable bonds is 10. The maximum atomic E-state index is 10.5. The van der Waals surface area contributed by atoms with Crippen LogP contribution >= 0.6 is 0 Å². The molecular weight excluding hydrogens is 304 g/mol. The smallest absolute Gasteiger partial charge is 0.0622 e. The largest absolute Gasteiger partial charge is 0.390 e. The van der Waals surface area contributed by atoms with E-state index < -0.39 is 5.60 Å². The third-order valence-electron chi connectivity index (χ3n) is 5.86. The third kappa shape index (κ3) is 10.9. The third-order valence-corrected chi connectivity index (χ3v) is 5.86. The lowest BCUT2D eigenvalue weighted by molar-refractivity contribution is 0.0375. The molecule has 0 aliphatic carbocycles. The van der Waals surface area contributed by atoms with E-state index in [1.54, 1.807) is 0 Å². The number of aliphatic hydroxyl groups is 1. The van der Waals surface area contributed by atoms with Crippen LogP contribution < -0.4 is 0 Å². The molecule has 0 spiro atoms. The van der Waals surface area contributed by atoms with Crippen molar-refractivity contribution in [2.24, 2.45) is 16.7 Å². The summed E-state index contributed by atoms with van der Waals surface area (Å²) in [5, 5.41) is 10.5. The van der Waals surface area contributed by atoms with Crippen LogP contribution in [0.2, 0.25) is 0 Å². The van der Waals surface area contributed by atoms with Gasteiger partial charge in [0.15, 0.2) is 0 Å². The summed E-state index contributed by atoms with van der Waals surface area (Å²) in [6, 6.07) is 0. The Hall–Kier alpha value is -0.560. The molecular formula is C24H46O. The Kier molecular flexibility index (Phi) is 9.73. The first-order valence-electron chi connectivity index (χ1n) is 10.2. The van der Waals surface area contributed by atoms with Crippen LogP contribution in [0.5, 0.6) is 0 Å². The van der Waals surface area contributed by atoms with Crippen molar-refractivity contribution in [3.63, 3.8) is 0 Å². The second kappa shape index (κ2) is 9.95. The van der Waals surface area contributed by atoms with Crippen LogP contribution in [-0.4, -0.2) is 10.7 Å². The Morgan fingerprint density at radius 3 is 1.76 bits per heavy atom. The van der Waals surface area contributed by atoms with Crippen LogP contribution in [0.15, 0.2) is 23.3 Å². The molecule has 1 nitrogen and oxygen atoms in total. The fourth-order valence-corrected chi connectivity index (χ4v) is 2.75. The van der Waals surface area contributed by atoms with Gasteiger partial charge in [0, 0.05) is 0 Å². The lowest BCUT2D eigenvalue weighted by Crippen LogP contribution is -2.24. The van der Waals surface area contributed by atoms with E-state index in [2.05, 4.69) is 74.5 Å². The number of allylic oxidation sites excluding steroid dienone is 4. The van der Waals surface area contributed by atoms with Crippen molar-refractivity contribution in [1.82, 2.24) is 0 Å². The molecule has 25 heavy (non-hydrogen) atoms. The predicted molar refractivity (Wildman–Crippen MR) is 114 cm³/mol. The highest BCUT2D eigenvalue weighted by Crippen LogP contribution is 2.34. The molecule has 0 radical (unpaired) electrons. The average molecular weight is 351 g/mol. The highest BCUT2D eigenvalue weighted by molar-refractivity contribution is 5.12. The van der Waals surface area contributed by atoms with Gasteiger partial charge in [-0.3, -0.25) is 0 Å². The Morgan fingerprint density at radius 2 is 1.28 bits per heavy atom. The summed E-state index contributed by atoms with van der Waals surface area (Å²) >= 11 is 0. The molecule has 0 fully saturated rings. The van der Waals surface area contributed by atoms with Crippen molar-refractivity contribution in [3.05, 3.63) is 23.3 Å². The topological polar surface area (TPSA) is 20.2 Å². The van der Waals surface area contributed by atoms with E-state index in [9.17, 15) is 5.11 Å². The van der Waals surface area contributed by atoms with Gasteiger partial charge in [-0.25, -0.2) is 0 Å². The SMILES string of the molecule is C/C(=C\CCC(C)(C)/C(C)=C/CCC(C)(O)CCC(C)C)C(C)(C)C. The first-order chi connectivity index (χ1) is 11.2. The maximum Gasteiger partial charge on any atom is 0.0622 e. The van der Waals surface area contributed by atoms with Gasteiger partial charge in [-0.15, -0.1) is 0 Å². The molecule has 1 heteroatoms. The average Bonchev–Trinajstić information content (AvgIpc) is 2.43. The van der Waals surface area contributed by atoms with Gasteiger partial charge < -0.3 is 5.11 Å². The Bertz CT molecular complexity index is 441. The van der Waals surface area contributed by atoms with Crippen LogP contribution in [0, 0.1) is 16.7 Å². The van der Waals surface area contributed by atoms with Crippen LogP contribution in [0.1, 0.15) is 108 Å². The number of hydrogen-bond donors (Lipinski definition) is 1. The molecule has 0 rings (SSSR count). The summed E-state index contributed by atoms with van der Waals surface area (Å²) < 4.78 is 0. The molecule has 0 aliphatic heterocycles. The first-order valence-corrected chi connectivity index (χ1v) is 10.2. The molecule has 1 unspecified atom stereocenters. The van der Waals surface area contributed by atoms with E-state index in [0.29, 0.717) is 5.92 Å². The van der Waals surface area contributed by atoms with Crippen LogP contribution in [0.25, 0.3) is 0 Å². The molecule has 0 aliphatic rings. The van der Waals surface area contributed by atoms with Crippen molar-refractivity contribution in [2.75, 3.05) is 0 Å². The van der Waals surface area contributed by atoms with Gasteiger partial charge >= 0.3 is 0 Å². The van der Waals surface area contributed by atoms with Crippen LogP contribution in [0.3, 0.4) is 0 Å². The first kappa shape index (κ1) is 24.4. The van der Waals surface area contributed by atoms with Crippen molar-refractivity contribution in [1.29, 1.82) is 0 Å². The predicted octanol–water partition coefficient (Wildman–Crippen LogP) is 7.70. The Balaban J connectivity index is 4.54. The molecule has 0 saturated carbocycles. The molecule has 0 amide bonds. The zero-order valence-corrected chi connectivity index (χ0v) is 18.9. The van der Waals surface area contributed by atoms with Gasteiger partial charge in [-0.1, -0.05) is 71.8 Å². The van der Waals surface area contributed by atoms with E-state index in [1.165, 1.54) is 17.6 Å². The lowest BCUT2D eigenvalue weighted by Gasteiger charge is -2.28. The van der Waals surface area contributed by atoms with Crippen molar-refractivity contribution < 1.29 is 5.11 Å². The van der Waals surface area contributed by atoms with Gasteiger partial charge in [0.2, 0.25) is 0 Å². The second-order valence-electron chi connectivity index (χ2n) is 10.4. The molecule has 0 aromatic carbocycles. The maximum absolute atomic E-state index is 10.5. The normalized spacial score (nSPS) is 17.1. The molecule has 0 aromatic rings. The van der Waals surface area contributed by atoms with Gasteiger partial charge in [0.25, 0.3) is 0 Å². The molecule has 0 aromatic heterocycles. The summed E-state index contributed by atoms with van der Waals surface area (Å²) in [7, 11) is 0. The van der Waals surface area contributed by atoms with Gasteiger partial charge in [-0.2, -0.15) is 0 Å². The monoisotopic (exact) mass is 350 g/mol. The van der Waals surface area contributed by atoms with E-state index in [4.69, 9.17) is 0 Å². The zero-order chi connectivity index (χ0) is 19.9. The molecule has 0 saturated heterocycles. The molecule has 0 bridgehead atoms. The van der Waals surface area contributed by atoms with E-state index in [0.717, 1.165) is 32.1 Å².